The summed E-state index contributed by atoms with van der Waals surface area (Å²) in [5.74, 6) is 2.89. The van der Waals surface area contributed by atoms with Crippen molar-refractivity contribution < 1.29 is 18.9 Å². The number of rotatable bonds is 12. The molecule has 0 aliphatic carbocycles. The van der Waals surface area contributed by atoms with Crippen LogP contribution in [0.25, 0.3) is 0 Å². The Balaban J connectivity index is 1.13. The highest BCUT2D eigenvalue weighted by Gasteiger charge is 2.11. The van der Waals surface area contributed by atoms with Crippen LogP contribution in [0.1, 0.15) is 22.3 Å². The number of hydrogen-bond acceptors (Lipinski definition) is 5. The smallest absolute Gasteiger partial charge is 0.175 e. The first-order valence-electron chi connectivity index (χ1n) is 13.2. The molecule has 0 amide bonds. The van der Waals surface area contributed by atoms with Crippen molar-refractivity contribution in [1.82, 2.24) is 0 Å². The van der Waals surface area contributed by atoms with Gasteiger partial charge < -0.3 is 18.9 Å². The van der Waals surface area contributed by atoms with Crippen LogP contribution in [0.3, 0.4) is 0 Å². The molecule has 206 valence electrons. The summed E-state index contributed by atoms with van der Waals surface area (Å²) in [6, 6.07) is 39.7. The first-order chi connectivity index (χ1) is 20.2. The summed E-state index contributed by atoms with van der Waals surface area (Å²) in [5, 5.41) is 0. The fourth-order valence-electron chi connectivity index (χ4n) is 4.05. The minimum atomic E-state index is 0.452. The summed E-state index contributed by atoms with van der Waals surface area (Å²) in [6.07, 6.45) is 1.81. The highest BCUT2D eigenvalue weighted by atomic mass is 79.9. The molecule has 0 heterocycles. The van der Waals surface area contributed by atoms with Crippen molar-refractivity contribution >= 4 is 27.8 Å². The fraction of sp³-hybridized carbons (Fsp3) is 0.114. The lowest BCUT2D eigenvalue weighted by Crippen LogP contribution is -1.99. The number of nitrogens with zero attached hydrogens (tertiary/aromatic N) is 1. The molecule has 0 N–H and O–H groups in total. The second-order valence-corrected chi connectivity index (χ2v) is 10.1. The van der Waals surface area contributed by atoms with E-state index in [2.05, 4.69) is 20.9 Å². The van der Waals surface area contributed by atoms with Gasteiger partial charge in [-0.05, 0) is 86.7 Å². The molecule has 0 fully saturated rings. The number of aliphatic imine (C=N–C) groups is 1. The molecule has 5 aromatic rings. The van der Waals surface area contributed by atoms with Gasteiger partial charge >= 0.3 is 0 Å². The molecular weight excluding hydrogens is 578 g/mol. The molecule has 0 aromatic heterocycles. The fourth-order valence-corrected chi connectivity index (χ4v) is 4.63. The van der Waals surface area contributed by atoms with Gasteiger partial charge in [0, 0.05) is 6.21 Å². The van der Waals surface area contributed by atoms with E-state index in [1.54, 1.807) is 13.3 Å². The molecule has 0 spiro atoms. The maximum Gasteiger partial charge on any atom is 0.175 e. The largest absolute Gasteiger partial charge is 0.493 e. The summed E-state index contributed by atoms with van der Waals surface area (Å²) >= 11 is 3.62. The lowest BCUT2D eigenvalue weighted by molar-refractivity contribution is 0.282. The normalized spacial score (nSPS) is 10.9. The van der Waals surface area contributed by atoms with E-state index in [0.717, 1.165) is 43.9 Å². The van der Waals surface area contributed by atoms with Crippen LogP contribution >= 0.6 is 15.9 Å². The van der Waals surface area contributed by atoms with Crippen molar-refractivity contribution in [2.75, 3.05) is 7.11 Å². The lowest BCUT2D eigenvalue weighted by Gasteiger charge is -2.13. The van der Waals surface area contributed by atoms with Crippen molar-refractivity contribution in [1.29, 1.82) is 0 Å². The van der Waals surface area contributed by atoms with E-state index >= 15 is 0 Å². The van der Waals surface area contributed by atoms with Crippen molar-refractivity contribution in [3.05, 3.63) is 148 Å². The quantitative estimate of drug-likeness (QED) is 0.133. The van der Waals surface area contributed by atoms with Gasteiger partial charge in [-0.3, -0.25) is 4.99 Å². The van der Waals surface area contributed by atoms with Crippen LogP contribution in [0.15, 0.2) is 131 Å². The van der Waals surface area contributed by atoms with E-state index in [1.165, 1.54) is 0 Å². The Hall–Kier alpha value is -4.55. The van der Waals surface area contributed by atoms with E-state index in [1.807, 2.05) is 121 Å². The molecule has 0 aliphatic heterocycles. The van der Waals surface area contributed by atoms with Gasteiger partial charge in [-0.2, -0.15) is 0 Å². The molecule has 0 saturated heterocycles. The zero-order valence-corrected chi connectivity index (χ0v) is 24.3. The third-order valence-electron chi connectivity index (χ3n) is 6.25. The molecule has 0 saturated carbocycles. The number of methoxy groups -OCH3 is 1. The van der Waals surface area contributed by atoms with Gasteiger partial charge in [0.15, 0.2) is 11.5 Å². The monoisotopic (exact) mass is 607 g/mol. The first kappa shape index (κ1) is 28.0. The van der Waals surface area contributed by atoms with Gasteiger partial charge in [-0.15, -0.1) is 0 Å². The number of benzene rings is 5. The van der Waals surface area contributed by atoms with Crippen LogP contribution < -0.4 is 18.9 Å². The van der Waals surface area contributed by atoms with Crippen molar-refractivity contribution in [2.45, 2.75) is 19.8 Å². The maximum atomic E-state index is 6.03. The Bertz CT molecular complexity index is 1550. The van der Waals surface area contributed by atoms with Gasteiger partial charge in [0.2, 0.25) is 0 Å². The van der Waals surface area contributed by atoms with Gasteiger partial charge in [0.25, 0.3) is 0 Å². The summed E-state index contributed by atoms with van der Waals surface area (Å²) in [7, 11) is 1.63. The summed E-state index contributed by atoms with van der Waals surface area (Å²) < 4.78 is 24.2. The highest BCUT2D eigenvalue weighted by Crippen LogP contribution is 2.37. The third kappa shape index (κ3) is 8.22. The topological polar surface area (TPSA) is 49.3 Å². The van der Waals surface area contributed by atoms with Crippen molar-refractivity contribution in [2.24, 2.45) is 4.99 Å². The Labute approximate surface area is 249 Å². The average Bonchev–Trinajstić information content (AvgIpc) is 3.03. The molecule has 6 heteroatoms. The van der Waals surface area contributed by atoms with Gasteiger partial charge in [-0.25, -0.2) is 0 Å². The van der Waals surface area contributed by atoms with E-state index in [4.69, 9.17) is 18.9 Å². The molecule has 0 atom stereocenters. The predicted octanol–water partition coefficient (Wildman–Crippen LogP) is 8.95. The Kier molecular flexibility index (Phi) is 9.69. The van der Waals surface area contributed by atoms with Crippen LogP contribution in [0, 0.1) is 0 Å². The molecule has 0 radical (unpaired) electrons. The Morgan fingerprint density at radius 2 is 1.12 bits per heavy atom. The average molecular weight is 609 g/mol. The molecule has 5 nitrogen and oxygen atoms in total. The summed E-state index contributed by atoms with van der Waals surface area (Å²) in [5.41, 5.74) is 5.01. The molecule has 0 aliphatic rings. The van der Waals surface area contributed by atoms with Gasteiger partial charge in [0.1, 0.15) is 31.3 Å². The highest BCUT2D eigenvalue weighted by molar-refractivity contribution is 9.10. The molecule has 41 heavy (non-hydrogen) atoms. The molecule has 5 rings (SSSR count). The predicted molar refractivity (Wildman–Crippen MR) is 167 cm³/mol. The number of hydrogen-bond donors (Lipinski definition) is 0. The summed E-state index contributed by atoms with van der Waals surface area (Å²) in [6.45, 7) is 1.45. The van der Waals surface area contributed by atoms with Crippen LogP contribution in [0.4, 0.5) is 5.69 Å². The van der Waals surface area contributed by atoms with Gasteiger partial charge in [0.05, 0.1) is 17.3 Å². The second kappa shape index (κ2) is 14.2. The van der Waals surface area contributed by atoms with Crippen molar-refractivity contribution in [3.8, 4) is 23.0 Å². The molecule has 5 aromatic carbocycles. The van der Waals surface area contributed by atoms with E-state index in [0.29, 0.717) is 31.3 Å². The summed E-state index contributed by atoms with van der Waals surface area (Å²) in [4.78, 5) is 4.63. The minimum Gasteiger partial charge on any atom is -0.493 e. The van der Waals surface area contributed by atoms with E-state index in [9.17, 15) is 0 Å². The van der Waals surface area contributed by atoms with Crippen LogP contribution in [-0.4, -0.2) is 13.3 Å². The minimum absolute atomic E-state index is 0.452. The Morgan fingerprint density at radius 3 is 1.66 bits per heavy atom. The zero-order chi connectivity index (χ0) is 28.3. The number of halogens is 1. The Morgan fingerprint density at radius 1 is 0.610 bits per heavy atom. The van der Waals surface area contributed by atoms with Crippen LogP contribution in [-0.2, 0) is 19.8 Å². The first-order valence-corrected chi connectivity index (χ1v) is 14.0. The van der Waals surface area contributed by atoms with E-state index in [-0.39, 0.29) is 0 Å². The maximum absolute atomic E-state index is 6.03. The molecular formula is C35H30BrNO4. The van der Waals surface area contributed by atoms with Crippen LogP contribution in [0.2, 0.25) is 0 Å². The zero-order valence-electron chi connectivity index (χ0n) is 22.7. The van der Waals surface area contributed by atoms with Crippen molar-refractivity contribution in [3.63, 3.8) is 0 Å². The van der Waals surface area contributed by atoms with E-state index < -0.39 is 0 Å². The third-order valence-corrected chi connectivity index (χ3v) is 6.84. The molecule has 0 unspecified atom stereocenters. The standard InChI is InChI=1S/C35H30BrNO4/c1-38-34-21-29(20-33(36)35(34)41-25-27-10-6-3-7-11-27)22-37-30-14-12-28(13-15-30)24-40-32-18-16-31(17-19-32)39-23-26-8-4-2-5-9-26/h2-22H,23-25H2,1H3. The second-order valence-electron chi connectivity index (χ2n) is 9.27. The van der Waals surface area contributed by atoms with Gasteiger partial charge in [-0.1, -0.05) is 72.8 Å². The van der Waals surface area contributed by atoms with Crippen LogP contribution in [0.5, 0.6) is 23.0 Å². The number of ether oxygens (including phenoxy) is 4. The lowest BCUT2D eigenvalue weighted by atomic mass is 10.2. The SMILES string of the molecule is COc1cc(C=Nc2ccc(COc3ccc(OCc4ccccc4)cc3)cc2)cc(Br)c1OCc1ccccc1. The molecule has 0 bridgehead atoms.